The van der Waals surface area contributed by atoms with Crippen molar-refractivity contribution >= 4 is 23.4 Å². The van der Waals surface area contributed by atoms with Crippen LogP contribution in [0.15, 0.2) is 53.4 Å². The van der Waals surface area contributed by atoms with Crippen LogP contribution in [-0.2, 0) is 4.79 Å². The average Bonchev–Trinajstić information content (AvgIpc) is 2.44. The standard InChI is InChI=1S/C16H17NO2S/c1-11-9-13(7-8-15(11)17)20-10-14(16(18)19)12-5-3-2-4-6-12/h2-9,14H,10,17H2,1H3,(H,18,19). The summed E-state index contributed by atoms with van der Waals surface area (Å²) in [5.74, 6) is -0.794. The first-order chi connectivity index (χ1) is 9.58. The molecule has 0 aromatic heterocycles. The molecule has 0 amide bonds. The summed E-state index contributed by atoms with van der Waals surface area (Å²) >= 11 is 1.54. The van der Waals surface area contributed by atoms with Crippen molar-refractivity contribution in [3.8, 4) is 0 Å². The third kappa shape index (κ3) is 3.54. The predicted molar refractivity (Wildman–Crippen MR) is 83.1 cm³/mol. The summed E-state index contributed by atoms with van der Waals surface area (Å²) in [4.78, 5) is 12.4. The number of carboxylic acid groups (broad SMARTS) is 1. The molecule has 0 aliphatic rings. The van der Waals surface area contributed by atoms with E-state index in [0.717, 1.165) is 21.7 Å². The Morgan fingerprint density at radius 2 is 1.95 bits per heavy atom. The van der Waals surface area contributed by atoms with Crippen LogP contribution < -0.4 is 5.73 Å². The number of thioether (sulfide) groups is 1. The van der Waals surface area contributed by atoms with Crippen LogP contribution in [0.3, 0.4) is 0 Å². The number of nitrogens with two attached hydrogens (primary N) is 1. The number of rotatable bonds is 5. The van der Waals surface area contributed by atoms with Gasteiger partial charge in [0.2, 0.25) is 0 Å². The molecule has 3 N–H and O–H groups in total. The van der Waals surface area contributed by atoms with E-state index in [9.17, 15) is 9.90 Å². The van der Waals surface area contributed by atoms with E-state index in [0.29, 0.717) is 5.75 Å². The van der Waals surface area contributed by atoms with Crippen LogP contribution in [0.4, 0.5) is 5.69 Å². The van der Waals surface area contributed by atoms with Crippen molar-refractivity contribution < 1.29 is 9.90 Å². The molecule has 0 saturated heterocycles. The first-order valence-corrected chi connectivity index (χ1v) is 7.33. The van der Waals surface area contributed by atoms with Crippen molar-refractivity contribution in [1.29, 1.82) is 0 Å². The number of carboxylic acids is 1. The van der Waals surface area contributed by atoms with Gasteiger partial charge in [-0.25, -0.2) is 0 Å². The lowest BCUT2D eigenvalue weighted by atomic mass is 10.0. The minimum absolute atomic E-state index is 0.501. The largest absolute Gasteiger partial charge is 0.481 e. The van der Waals surface area contributed by atoms with Crippen molar-refractivity contribution in [3.63, 3.8) is 0 Å². The van der Waals surface area contributed by atoms with Crippen molar-refractivity contribution in [1.82, 2.24) is 0 Å². The highest BCUT2D eigenvalue weighted by Crippen LogP contribution is 2.28. The maximum atomic E-state index is 11.4. The van der Waals surface area contributed by atoms with E-state index in [1.165, 1.54) is 11.8 Å². The fourth-order valence-corrected chi connectivity index (χ4v) is 3.03. The number of aliphatic carboxylic acids is 1. The topological polar surface area (TPSA) is 63.3 Å². The highest BCUT2D eigenvalue weighted by molar-refractivity contribution is 7.99. The Kier molecular flexibility index (Phi) is 4.69. The van der Waals surface area contributed by atoms with Crippen LogP contribution in [0.2, 0.25) is 0 Å². The van der Waals surface area contributed by atoms with Crippen LogP contribution in [0.5, 0.6) is 0 Å². The smallest absolute Gasteiger partial charge is 0.311 e. The minimum atomic E-state index is -0.795. The molecule has 0 radical (unpaired) electrons. The van der Waals surface area contributed by atoms with Crippen LogP contribution in [0.25, 0.3) is 0 Å². The first kappa shape index (κ1) is 14.5. The van der Waals surface area contributed by atoms with Crippen LogP contribution in [0.1, 0.15) is 17.0 Å². The molecule has 3 nitrogen and oxygen atoms in total. The van der Waals surface area contributed by atoms with Gasteiger partial charge in [0.1, 0.15) is 0 Å². The molecular formula is C16H17NO2S. The molecule has 0 saturated carbocycles. The Hall–Kier alpha value is -1.94. The van der Waals surface area contributed by atoms with Gasteiger partial charge in [-0.05, 0) is 36.2 Å². The second-order valence-electron chi connectivity index (χ2n) is 4.63. The quantitative estimate of drug-likeness (QED) is 0.652. The Balaban J connectivity index is 2.10. The number of hydrogen-bond donors (Lipinski definition) is 2. The molecule has 104 valence electrons. The summed E-state index contributed by atoms with van der Waals surface area (Å²) in [7, 11) is 0. The molecule has 1 unspecified atom stereocenters. The normalized spacial score (nSPS) is 12.1. The molecule has 0 bridgehead atoms. The molecule has 0 spiro atoms. The molecule has 0 heterocycles. The van der Waals surface area contributed by atoms with E-state index >= 15 is 0 Å². The highest BCUT2D eigenvalue weighted by Gasteiger charge is 2.19. The van der Waals surface area contributed by atoms with E-state index in [2.05, 4.69) is 0 Å². The lowest BCUT2D eigenvalue weighted by Crippen LogP contribution is -2.14. The fraction of sp³-hybridized carbons (Fsp3) is 0.188. The van der Waals surface area contributed by atoms with Crippen LogP contribution in [-0.4, -0.2) is 16.8 Å². The van der Waals surface area contributed by atoms with Crippen molar-refractivity contribution in [2.24, 2.45) is 0 Å². The lowest BCUT2D eigenvalue weighted by Gasteiger charge is -2.13. The van der Waals surface area contributed by atoms with Crippen LogP contribution >= 0.6 is 11.8 Å². The molecule has 0 aliphatic carbocycles. The number of anilines is 1. The molecule has 0 aliphatic heterocycles. The van der Waals surface area contributed by atoms with E-state index in [1.54, 1.807) is 0 Å². The van der Waals surface area contributed by atoms with E-state index < -0.39 is 11.9 Å². The van der Waals surface area contributed by atoms with Gasteiger partial charge in [0.05, 0.1) is 5.92 Å². The molecule has 0 fully saturated rings. The van der Waals surface area contributed by atoms with Crippen molar-refractivity contribution in [3.05, 3.63) is 59.7 Å². The van der Waals surface area contributed by atoms with Gasteiger partial charge < -0.3 is 10.8 Å². The first-order valence-electron chi connectivity index (χ1n) is 6.34. The second kappa shape index (κ2) is 6.48. The summed E-state index contributed by atoms with van der Waals surface area (Å²) in [6, 6.07) is 15.1. The molecule has 2 aromatic carbocycles. The highest BCUT2D eigenvalue weighted by atomic mass is 32.2. The maximum Gasteiger partial charge on any atom is 0.311 e. The van der Waals surface area contributed by atoms with Gasteiger partial charge in [-0.3, -0.25) is 4.79 Å². The Morgan fingerprint density at radius 3 is 2.55 bits per heavy atom. The van der Waals surface area contributed by atoms with Gasteiger partial charge in [0.25, 0.3) is 0 Å². The summed E-state index contributed by atoms with van der Waals surface area (Å²) in [5.41, 5.74) is 8.39. The zero-order chi connectivity index (χ0) is 14.5. The van der Waals surface area contributed by atoms with Gasteiger partial charge >= 0.3 is 5.97 Å². The molecule has 4 heteroatoms. The summed E-state index contributed by atoms with van der Waals surface area (Å²) in [6.45, 7) is 1.95. The monoisotopic (exact) mass is 287 g/mol. The number of nitrogen functional groups attached to an aromatic ring is 1. The lowest BCUT2D eigenvalue weighted by molar-refractivity contribution is -0.138. The zero-order valence-electron chi connectivity index (χ0n) is 11.2. The van der Waals surface area contributed by atoms with E-state index in [4.69, 9.17) is 5.73 Å². The number of aryl methyl sites for hydroxylation is 1. The third-order valence-electron chi connectivity index (χ3n) is 3.16. The molecular weight excluding hydrogens is 270 g/mol. The number of benzene rings is 2. The summed E-state index contributed by atoms with van der Waals surface area (Å²) < 4.78 is 0. The van der Waals surface area contributed by atoms with E-state index in [-0.39, 0.29) is 0 Å². The van der Waals surface area contributed by atoms with Crippen molar-refractivity contribution in [2.45, 2.75) is 17.7 Å². The van der Waals surface area contributed by atoms with Gasteiger partial charge in [-0.2, -0.15) is 0 Å². The third-order valence-corrected chi connectivity index (χ3v) is 4.25. The molecule has 2 rings (SSSR count). The number of carbonyl (C=O) groups is 1. The summed E-state index contributed by atoms with van der Waals surface area (Å²) in [5, 5.41) is 9.37. The molecule has 20 heavy (non-hydrogen) atoms. The average molecular weight is 287 g/mol. The molecule has 2 aromatic rings. The Labute approximate surface area is 122 Å². The second-order valence-corrected chi connectivity index (χ2v) is 5.72. The maximum absolute atomic E-state index is 11.4. The van der Waals surface area contributed by atoms with Gasteiger partial charge in [-0.1, -0.05) is 30.3 Å². The zero-order valence-corrected chi connectivity index (χ0v) is 12.1. The minimum Gasteiger partial charge on any atom is -0.481 e. The number of hydrogen-bond acceptors (Lipinski definition) is 3. The fourth-order valence-electron chi connectivity index (χ4n) is 1.91. The van der Waals surface area contributed by atoms with Crippen molar-refractivity contribution in [2.75, 3.05) is 11.5 Å². The molecule has 1 atom stereocenters. The SMILES string of the molecule is Cc1cc(SCC(C(=O)O)c2ccccc2)ccc1N. The van der Waals surface area contributed by atoms with E-state index in [1.807, 2.05) is 55.5 Å². The van der Waals surface area contributed by atoms with Crippen LogP contribution in [0, 0.1) is 6.92 Å². The Bertz CT molecular complexity index is 599. The van der Waals surface area contributed by atoms with Gasteiger partial charge in [0, 0.05) is 16.3 Å². The Morgan fingerprint density at radius 1 is 1.25 bits per heavy atom. The summed E-state index contributed by atoms with van der Waals surface area (Å²) in [6.07, 6.45) is 0. The van der Waals surface area contributed by atoms with Gasteiger partial charge in [0.15, 0.2) is 0 Å². The predicted octanol–water partition coefficient (Wildman–Crippen LogP) is 3.54. The van der Waals surface area contributed by atoms with Gasteiger partial charge in [-0.15, -0.1) is 11.8 Å².